The van der Waals surface area contributed by atoms with E-state index in [4.69, 9.17) is 0 Å². The lowest BCUT2D eigenvalue weighted by Gasteiger charge is -2.17. The van der Waals surface area contributed by atoms with E-state index in [9.17, 15) is 13.2 Å². The maximum Gasteiger partial charge on any atom is 0.274 e. The molecule has 0 amide bonds. The highest BCUT2D eigenvalue weighted by atomic mass is 32.2. The topological polar surface area (TPSA) is 81.1 Å². The van der Waals surface area contributed by atoms with Crippen molar-refractivity contribution >= 4 is 20.8 Å². The van der Waals surface area contributed by atoms with Gasteiger partial charge in [-0.1, -0.05) is 24.3 Å². The molecule has 140 valence electrons. The van der Waals surface area contributed by atoms with Gasteiger partial charge in [0.05, 0.1) is 22.5 Å². The van der Waals surface area contributed by atoms with Crippen LogP contribution < -0.4 is 10.3 Å². The molecule has 4 rings (SSSR count). The normalized spacial score (nSPS) is 14.3. The van der Waals surface area contributed by atoms with Gasteiger partial charge < -0.3 is 0 Å². The molecule has 0 unspecified atom stereocenters. The molecule has 0 saturated heterocycles. The summed E-state index contributed by atoms with van der Waals surface area (Å²) in [6.45, 7) is 0.0219. The first-order valence-electron chi connectivity index (χ1n) is 9.02. The molecule has 0 saturated carbocycles. The van der Waals surface area contributed by atoms with Crippen LogP contribution in [-0.4, -0.2) is 18.2 Å². The number of sulfonamides is 1. The zero-order valence-corrected chi connectivity index (χ0v) is 15.9. The second-order valence-corrected chi connectivity index (χ2v) is 8.65. The van der Waals surface area contributed by atoms with Crippen molar-refractivity contribution in [3.05, 3.63) is 69.6 Å². The minimum atomic E-state index is -3.66. The van der Waals surface area contributed by atoms with E-state index in [1.165, 1.54) is 10.2 Å². The van der Waals surface area contributed by atoms with E-state index in [0.717, 1.165) is 31.2 Å². The van der Waals surface area contributed by atoms with Crippen molar-refractivity contribution in [3.63, 3.8) is 0 Å². The lowest BCUT2D eigenvalue weighted by atomic mass is 9.92. The zero-order valence-electron chi connectivity index (χ0n) is 15.1. The van der Waals surface area contributed by atoms with Gasteiger partial charge >= 0.3 is 0 Å². The number of hydrogen-bond acceptors (Lipinski definition) is 4. The fourth-order valence-corrected chi connectivity index (χ4v) is 4.67. The molecule has 1 aliphatic rings. The van der Waals surface area contributed by atoms with Crippen molar-refractivity contribution in [1.82, 2.24) is 14.5 Å². The molecule has 0 fully saturated rings. The summed E-state index contributed by atoms with van der Waals surface area (Å²) in [5.74, 6) is 0. The van der Waals surface area contributed by atoms with Crippen LogP contribution in [0.4, 0.5) is 0 Å². The van der Waals surface area contributed by atoms with Gasteiger partial charge in [-0.3, -0.25) is 4.79 Å². The Morgan fingerprint density at radius 3 is 2.52 bits per heavy atom. The third-order valence-corrected chi connectivity index (χ3v) is 6.49. The molecular weight excluding hydrogens is 362 g/mol. The molecule has 0 radical (unpaired) electrons. The third-order valence-electron chi connectivity index (χ3n) is 5.09. The van der Waals surface area contributed by atoms with Crippen LogP contribution in [0.3, 0.4) is 0 Å². The Balaban J connectivity index is 1.64. The van der Waals surface area contributed by atoms with Crippen molar-refractivity contribution in [2.75, 3.05) is 0 Å². The first-order chi connectivity index (χ1) is 13.0. The summed E-state index contributed by atoms with van der Waals surface area (Å²) >= 11 is 0. The smallest absolute Gasteiger partial charge is 0.267 e. The standard InChI is InChI=1S/C20H21N3O3S/c1-23-20(24)18-9-5-4-8-17(18)19(22-23)13-21-27(25,26)16-11-10-14-6-2-3-7-15(14)12-16/h4-5,8-12,21H,2-3,6-7,13H2,1H3. The molecule has 1 N–H and O–H groups in total. The van der Waals surface area contributed by atoms with E-state index >= 15 is 0 Å². The molecule has 2 aromatic carbocycles. The van der Waals surface area contributed by atoms with Gasteiger partial charge in [0.25, 0.3) is 5.56 Å². The third kappa shape index (κ3) is 3.40. The fourth-order valence-electron chi connectivity index (χ4n) is 3.63. The van der Waals surface area contributed by atoms with Gasteiger partial charge in [-0.25, -0.2) is 17.8 Å². The minimum absolute atomic E-state index is 0.0219. The summed E-state index contributed by atoms with van der Waals surface area (Å²) in [4.78, 5) is 12.5. The molecule has 1 heterocycles. The van der Waals surface area contributed by atoms with Crippen LogP contribution in [0.1, 0.15) is 29.7 Å². The van der Waals surface area contributed by atoms with Crippen LogP contribution in [-0.2, 0) is 36.5 Å². The van der Waals surface area contributed by atoms with Crippen LogP contribution in [0.25, 0.3) is 10.8 Å². The number of aryl methyl sites for hydroxylation is 3. The highest BCUT2D eigenvalue weighted by molar-refractivity contribution is 7.89. The Labute approximate surface area is 157 Å². The lowest BCUT2D eigenvalue weighted by Crippen LogP contribution is -2.27. The number of benzene rings is 2. The second kappa shape index (κ2) is 6.90. The number of hydrogen-bond donors (Lipinski definition) is 1. The molecule has 7 heteroatoms. The van der Waals surface area contributed by atoms with Crippen molar-refractivity contribution in [2.24, 2.45) is 7.05 Å². The molecule has 0 bridgehead atoms. The molecule has 1 aromatic heterocycles. The largest absolute Gasteiger partial charge is 0.274 e. The first-order valence-corrected chi connectivity index (χ1v) is 10.5. The Hall–Kier alpha value is -2.51. The van der Waals surface area contributed by atoms with Gasteiger partial charge in [0.2, 0.25) is 10.0 Å². The van der Waals surface area contributed by atoms with Gasteiger partial charge in [-0.05, 0) is 55.0 Å². The van der Waals surface area contributed by atoms with E-state index in [0.29, 0.717) is 16.5 Å². The Bertz CT molecular complexity index is 1180. The maximum atomic E-state index is 12.8. The summed E-state index contributed by atoms with van der Waals surface area (Å²) in [7, 11) is -2.10. The Morgan fingerprint density at radius 1 is 1.04 bits per heavy atom. The quantitative estimate of drug-likeness (QED) is 0.750. The highest BCUT2D eigenvalue weighted by Crippen LogP contribution is 2.24. The van der Waals surface area contributed by atoms with Gasteiger partial charge in [-0.2, -0.15) is 5.10 Å². The Morgan fingerprint density at radius 2 is 1.74 bits per heavy atom. The monoisotopic (exact) mass is 383 g/mol. The van der Waals surface area contributed by atoms with Crippen LogP contribution >= 0.6 is 0 Å². The number of nitrogens with zero attached hydrogens (tertiary/aromatic N) is 2. The van der Waals surface area contributed by atoms with Crippen LogP contribution in [0, 0.1) is 0 Å². The summed E-state index contributed by atoms with van der Waals surface area (Å²) in [5, 5.41) is 5.43. The van der Waals surface area contributed by atoms with E-state index in [-0.39, 0.29) is 17.0 Å². The predicted octanol–water partition coefficient (Wildman–Crippen LogP) is 2.29. The number of fused-ring (bicyclic) bond motifs is 2. The SMILES string of the molecule is Cn1nc(CNS(=O)(=O)c2ccc3c(c2)CCCC3)c2ccccc2c1=O. The summed E-state index contributed by atoms with van der Waals surface area (Å²) in [5.41, 5.74) is 2.68. The number of nitrogens with one attached hydrogen (secondary N) is 1. The summed E-state index contributed by atoms with van der Waals surface area (Å²) in [6.07, 6.45) is 4.18. The Kier molecular flexibility index (Phi) is 4.57. The van der Waals surface area contributed by atoms with Gasteiger partial charge in [-0.15, -0.1) is 0 Å². The zero-order chi connectivity index (χ0) is 19.0. The molecule has 3 aromatic rings. The summed E-state index contributed by atoms with van der Waals surface area (Å²) in [6, 6.07) is 12.5. The molecule has 0 spiro atoms. The molecule has 0 atom stereocenters. The van der Waals surface area contributed by atoms with E-state index in [1.54, 1.807) is 37.4 Å². The average Bonchev–Trinajstić information content (AvgIpc) is 2.69. The maximum absolute atomic E-state index is 12.8. The van der Waals surface area contributed by atoms with Crippen LogP contribution in [0.2, 0.25) is 0 Å². The van der Waals surface area contributed by atoms with Crippen molar-refractivity contribution < 1.29 is 8.42 Å². The van der Waals surface area contributed by atoms with E-state index in [2.05, 4.69) is 9.82 Å². The molecule has 27 heavy (non-hydrogen) atoms. The fraction of sp³-hybridized carbons (Fsp3) is 0.300. The summed E-state index contributed by atoms with van der Waals surface area (Å²) < 4.78 is 29.4. The average molecular weight is 383 g/mol. The van der Waals surface area contributed by atoms with Crippen LogP contribution in [0.5, 0.6) is 0 Å². The van der Waals surface area contributed by atoms with Crippen molar-refractivity contribution in [1.29, 1.82) is 0 Å². The number of rotatable bonds is 4. The van der Waals surface area contributed by atoms with E-state index < -0.39 is 10.0 Å². The highest BCUT2D eigenvalue weighted by Gasteiger charge is 2.19. The molecular formula is C20H21N3O3S. The first kappa shape index (κ1) is 17.9. The minimum Gasteiger partial charge on any atom is -0.267 e. The second-order valence-electron chi connectivity index (χ2n) is 6.88. The molecule has 6 nitrogen and oxygen atoms in total. The van der Waals surface area contributed by atoms with Gasteiger partial charge in [0, 0.05) is 12.4 Å². The van der Waals surface area contributed by atoms with Crippen LogP contribution in [0.15, 0.2) is 52.2 Å². The van der Waals surface area contributed by atoms with Gasteiger partial charge in [0.15, 0.2) is 0 Å². The van der Waals surface area contributed by atoms with Gasteiger partial charge in [0.1, 0.15) is 0 Å². The van der Waals surface area contributed by atoms with E-state index in [1.807, 2.05) is 12.1 Å². The molecule has 0 aliphatic heterocycles. The number of aromatic nitrogens is 2. The van der Waals surface area contributed by atoms with Crippen molar-refractivity contribution in [3.8, 4) is 0 Å². The van der Waals surface area contributed by atoms with Crippen molar-refractivity contribution in [2.45, 2.75) is 37.1 Å². The lowest BCUT2D eigenvalue weighted by molar-refractivity contribution is 0.577. The predicted molar refractivity (Wildman–Crippen MR) is 104 cm³/mol. The molecule has 1 aliphatic carbocycles.